The Morgan fingerprint density at radius 3 is 2.27 bits per heavy atom. The lowest BCUT2D eigenvalue weighted by Crippen LogP contribution is -2.44. The van der Waals surface area contributed by atoms with Crippen molar-refractivity contribution in [1.82, 2.24) is 10.6 Å². The topological polar surface area (TPSA) is 93.7 Å². The molecule has 3 amide bonds. The SMILES string of the molecule is CC(C)OCc1ccc(C(=O)OCC(=O)NC(=O)NCC(F)(F)F)cc1. The maximum Gasteiger partial charge on any atom is 0.405 e. The molecule has 1 aromatic carbocycles. The van der Waals surface area contributed by atoms with Crippen LogP contribution in [0.5, 0.6) is 0 Å². The summed E-state index contributed by atoms with van der Waals surface area (Å²) in [7, 11) is 0. The van der Waals surface area contributed by atoms with Gasteiger partial charge in [0.25, 0.3) is 5.91 Å². The number of carbonyl (C=O) groups is 3. The molecule has 26 heavy (non-hydrogen) atoms. The van der Waals surface area contributed by atoms with Gasteiger partial charge in [-0.2, -0.15) is 13.2 Å². The molecule has 1 aromatic rings. The van der Waals surface area contributed by atoms with Gasteiger partial charge in [-0.1, -0.05) is 12.1 Å². The third-order valence-electron chi connectivity index (χ3n) is 2.81. The first-order chi connectivity index (χ1) is 12.1. The molecule has 2 N–H and O–H groups in total. The summed E-state index contributed by atoms with van der Waals surface area (Å²) in [6.07, 6.45) is -4.54. The average Bonchev–Trinajstić information content (AvgIpc) is 2.56. The van der Waals surface area contributed by atoms with Crippen molar-refractivity contribution < 1.29 is 37.0 Å². The first-order valence-electron chi connectivity index (χ1n) is 7.59. The Morgan fingerprint density at radius 2 is 1.73 bits per heavy atom. The third kappa shape index (κ3) is 9.02. The van der Waals surface area contributed by atoms with Gasteiger partial charge in [0, 0.05) is 0 Å². The summed E-state index contributed by atoms with van der Waals surface area (Å²) in [5.41, 5.74) is 1.02. The predicted octanol–water partition coefficient (Wildman–Crippen LogP) is 2.16. The van der Waals surface area contributed by atoms with Crippen LogP contribution in [0.1, 0.15) is 29.8 Å². The summed E-state index contributed by atoms with van der Waals surface area (Å²) in [4.78, 5) is 34.2. The van der Waals surface area contributed by atoms with Crippen molar-refractivity contribution in [3.05, 3.63) is 35.4 Å². The van der Waals surface area contributed by atoms with Gasteiger partial charge >= 0.3 is 18.2 Å². The molecule has 144 valence electrons. The molecule has 0 saturated carbocycles. The monoisotopic (exact) mass is 376 g/mol. The highest BCUT2D eigenvalue weighted by Crippen LogP contribution is 2.12. The molecule has 0 bridgehead atoms. The van der Waals surface area contributed by atoms with Gasteiger partial charge in [-0.3, -0.25) is 10.1 Å². The van der Waals surface area contributed by atoms with Crippen LogP contribution in [-0.4, -0.2) is 43.3 Å². The Labute approximate surface area is 147 Å². The Balaban J connectivity index is 2.38. The Bertz CT molecular complexity index is 630. The van der Waals surface area contributed by atoms with E-state index in [9.17, 15) is 27.6 Å². The maximum atomic E-state index is 11.9. The van der Waals surface area contributed by atoms with Crippen molar-refractivity contribution in [2.24, 2.45) is 0 Å². The number of imide groups is 1. The van der Waals surface area contributed by atoms with Crippen molar-refractivity contribution >= 4 is 17.9 Å². The van der Waals surface area contributed by atoms with Crippen molar-refractivity contribution in [3.63, 3.8) is 0 Å². The molecule has 0 fully saturated rings. The van der Waals surface area contributed by atoms with Gasteiger partial charge in [0.15, 0.2) is 6.61 Å². The van der Waals surface area contributed by atoms with E-state index in [-0.39, 0.29) is 11.7 Å². The van der Waals surface area contributed by atoms with Gasteiger partial charge in [0.05, 0.1) is 18.3 Å². The molecule has 0 aromatic heterocycles. The van der Waals surface area contributed by atoms with E-state index in [2.05, 4.69) is 4.74 Å². The van der Waals surface area contributed by atoms with Crippen LogP contribution in [0.3, 0.4) is 0 Å². The van der Waals surface area contributed by atoms with E-state index < -0.39 is 37.2 Å². The van der Waals surface area contributed by atoms with Gasteiger partial charge in [-0.05, 0) is 31.5 Å². The molecule has 0 saturated heterocycles. The molecule has 0 unspecified atom stereocenters. The number of ether oxygens (including phenoxy) is 2. The zero-order valence-electron chi connectivity index (χ0n) is 14.2. The van der Waals surface area contributed by atoms with Crippen LogP contribution in [0.4, 0.5) is 18.0 Å². The van der Waals surface area contributed by atoms with Gasteiger partial charge in [0.1, 0.15) is 6.54 Å². The molecule has 0 atom stereocenters. The van der Waals surface area contributed by atoms with E-state index in [0.29, 0.717) is 6.61 Å². The summed E-state index contributed by atoms with van der Waals surface area (Å²) >= 11 is 0. The second-order valence-corrected chi connectivity index (χ2v) is 5.48. The van der Waals surface area contributed by atoms with Crippen LogP contribution in [0, 0.1) is 0 Å². The summed E-state index contributed by atoms with van der Waals surface area (Å²) < 4.78 is 45.8. The second-order valence-electron chi connectivity index (χ2n) is 5.48. The summed E-state index contributed by atoms with van der Waals surface area (Å²) in [6.45, 7) is 1.76. The number of benzene rings is 1. The van der Waals surface area contributed by atoms with Crippen LogP contribution >= 0.6 is 0 Å². The minimum atomic E-state index is -4.60. The number of esters is 1. The number of urea groups is 1. The average molecular weight is 376 g/mol. The molecule has 0 aliphatic heterocycles. The Hall–Kier alpha value is -2.62. The summed E-state index contributed by atoms with van der Waals surface area (Å²) in [5.74, 6) is -1.87. The minimum absolute atomic E-state index is 0.0616. The highest BCUT2D eigenvalue weighted by molar-refractivity contribution is 5.97. The van der Waals surface area contributed by atoms with Crippen molar-refractivity contribution in [3.8, 4) is 0 Å². The van der Waals surface area contributed by atoms with E-state index in [1.165, 1.54) is 17.4 Å². The zero-order valence-corrected chi connectivity index (χ0v) is 14.2. The smallest absolute Gasteiger partial charge is 0.405 e. The molecule has 10 heteroatoms. The highest BCUT2D eigenvalue weighted by Gasteiger charge is 2.28. The van der Waals surface area contributed by atoms with Crippen LogP contribution in [0.2, 0.25) is 0 Å². The fraction of sp³-hybridized carbons (Fsp3) is 0.438. The number of hydrogen-bond acceptors (Lipinski definition) is 5. The van der Waals surface area contributed by atoms with E-state index in [1.807, 2.05) is 13.8 Å². The second kappa shape index (κ2) is 9.76. The molecular weight excluding hydrogens is 357 g/mol. The number of hydrogen-bond donors (Lipinski definition) is 2. The normalized spacial score (nSPS) is 11.2. The van der Waals surface area contributed by atoms with Crippen molar-refractivity contribution in [1.29, 1.82) is 0 Å². The highest BCUT2D eigenvalue weighted by atomic mass is 19.4. The fourth-order valence-electron chi connectivity index (χ4n) is 1.60. The van der Waals surface area contributed by atoms with Gasteiger partial charge in [0.2, 0.25) is 0 Å². The quantitative estimate of drug-likeness (QED) is 0.712. The molecular formula is C16H19F3N2O5. The maximum absolute atomic E-state index is 11.9. The molecule has 1 rings (SSSR count). The van der Waals surface area contributed by atoms with Gasteiger partial charge in [-0.15, -0.1) is 0 Å². The summed E-state index contributed by atoms with van der Waals surface area (Å²) in [5, 5.41) is 3.06. The minimum Gasteiger partial charge on any atom is -0.452 e. The standard InChI is InChI=1S/C16H19F3N2O5/c1-10(2)25-7-11-3-5-12(6-4-11)14(23)26-8-13(22)21-15(24)20-9-16(17,18)19/h3-6,10H,7-9H2,1-2H3,(H2,20,21,22,24). The van der Waals surface area contributed by atoms with Gasteiger partial charge < -0.3 is 14.8 Å². The molecule has 0 radical (unpaired) electrons. The van der Waals surface area contributed by atoms with Crippen LogP contribution < -0.4 is 10.6 Å². The fourth-order valence-corrected chi connectivity index (χ4v) is 1.60. The van der Waals surface area contributed by atoms with E-state index in [0.717, 1.165) is 5.56 Å². The number of alkyl halides is 3. The Kier molecular flexibility index (Phi) is 8.04. The van der Waals surface area contributed by atoms with Crippen LogP contribution in [-0.2, 0) is 20.9 Å². The summed E-state index contributed by atoms with van der Waals surface area (Å²) in [6, 6.07) is 4.94. The molecule has 0 spiro atoms. The number of amides is 3. The number of nitrogens with one attached hydrogen (secondary N) is 2. The molecule has 0 heterocycles. The molecule has 7 nitrogen and oxygen atoms in total. The predicted molar refractivity (Wildman–Crippen MR) is 84.2 cm³/mol. The molecule has 0 aliphatic carbocycles. The lowest BCUT2D eigenvalue weighted by atomic mass is 10.1. The lowest BCUT2D eigenvalue weighted by Gasteiger charge is -2.10. The number of carbonyl (C=O) groups excluding carboxylic acids is 3. The van der Waals surface area contributed by atoms with E-state index in [1.54, 1.807) is 17.4 Å². The largest absolute Gasteiger partial charge is 0.452 e. The zero-order chi connectivity index (χ0) is 19.7. The van der Waals surface area contributed by atoms with Crippen molar-refractivity contribution in [2.75, 3.05) is 13.2 Å². The van der Waals surface area contributed by atoms with Crippen LogP contribution in [0.25, 0.3) is 0 Å². The van der Waals surface area contributed by atoms with Crippen molar-refractivity contribution in [2.45, 2.75) is 32.7 Å². The first kappa shape index (κ1) is 21.4. The van der Waals surface area contributed by atoms with E-state index >= 15 is 0 Å². The molecule has 0 aliphatic rings. The lowest BCUT2D eigenvalue weighted by molar-refractivity contribution is -0.125. The number of rotatable bonds is 7. The Morgan fingerprint density at radius 1 is 1.12 bits per heavy atom. The third-order valence-corrected chi connectivity index (χ3v) is 2.81. The van der Waals surface area contributed by atoms with E-state index in [4.69, 9.17) is 4.74 Å². The number of halogens is 3. The van der Waals surface area contributed by atoms with Gasteiger partial charge in [-0.25, -0.2) is 9.59 Å². The first-order valence-corrected chi connectivity index (χ1v) is 7.59. The van der Waals surface area contributed by atoms with Crippen LogP contribution in [0.15, 0.2) is 24.3 Å².